The molecule has 3 heteroatoms. The molecule has 1 aliphatic heterocycles. The minimum absolute atomic E-state index is 0.560. The predicted octanol–water partition coefficient (Wildman–Crippen LogP) is 4.61. The van der Waals surface area contributed by atoms with E-state index in [0.29, 0.717) is 12.1 Å². The summed E-state index contributed by atoms with van der Waals surface area (Å²) in [6.07, 6.45) is 3.88. The molecule has 1 aromatic carbocycles. The molecule has 0 spiro atoms. The Balaban J connectivity index is 2.00. The molecule has 2 unspecified atom stereocenters. The lowest BCUT2D eigenvalue weighted by atomic mass is 9.93. The summed E-state index contributed by atoms with van der Waals surface area (Å²) in [5, 5.41) is 3.61. The second kappa shape index (κ2) is 8.30. The van der Waals surface area contributed by atoms with Gasteiger partial charge in [-0.05, 0) is 56.0 Å². The molecule has 2 rings (SSSR count). The van der Waals surface area contributed by atoms with Crippen molar-refractivity contribution in [2.45, 2.75) is 52.1 Å². The zero-order chi connectivity index (χ0) is 15.2. The SMILES string of the molecule is CCC(c1cccc(Br)c1)N1CCCC(CNC(C)C)C1. The number of halogens is 1. The molecule has 1 N–H and O–H groups in total. The van der Waals surface area contributed by atoms with Gasteiger partial charge in [0, 0.05) is 23.1 Å². The molecule has 0 bridgehead atoms. The standard InChI is InChI=1S/C18H29BrN2/c1-4-18(16-8-5-9-17(19)11-16)21-10-6-7-15(13-21)12-20-14(2)3/h5,8-9,11,14-15,18,20H,4,6-7,10,12-13H2,1-3H3. The number of nitrogens with zero attached hydrogens (tertiary/aromatic N) is 1. The van der Waals surface area contributed by atoms with Crippen molar-refractivity contribution >= 4 is 15.9 Å². The minimum atomic E-state index is 0.560. The van der Waals surface area contributed by atoms with Crippen molar-refractivity contribution in [2.75, 3.05) is 19.6 Å². The van der Waals surface area contributed by atoms with Crippen molar-refractivity contribution in [1.29, 1.82) is 0 Å². The highest BCUT2D eigenvalue weighted by Gasteiger charge is 2.25. The zero-order valence-corrected chi connectivity index (χ0v) is 15.2. The predicted molar refractivity (Wildman–Crippen MR) is 94.6 cm³/mol. The summed E-state index contributed by atoms with van der Waals surface area (Å²) < 4.78 is 1.19. The second-order valence-electron chi connectivity index (χ2n) is 6.55. The minimum Gasteiger partial charge on any atom is -0.314 e. The normalized spacial score (nSPS) is 21.7. The van der Waals surface area contributed by atoms with Crippen LogP contribution in [0, 0.1) is 5.92 Å². The maximum Gasteiger partial charge on any atom is 0.0346 e. The fourth-order valence-corrected chi connectivity index (χ4v) is 3.78. The maximum atomic E-state index is 3.61. The number of rotatable bonds is 6. The summed E-state index contributed by atoms with van der Waals surface area (Å²) in [4.78, 5) is 2.69. The second-order valence-corrected chi connectivity index (χ2v) is 7.46. The van der Waals surface area contributed by atoms with Crippen molar-refractivity contribution in [2.24, 2.45) is 5.92 Å². The van der Waals surface area contributed by atoms with E-state index in [-0.39, 0.29) is 0 Å². The molecule has 0 aromatic heterocycles. The Morgan fingerprint density at radius 2 is 2.19 bits per heavy atom. The summed E-state index contributed by atoms with van der Waals surface area (Å²) in [5.74, 6) is 0.794. The van der Waals surface area contributed by atoms with E-state index >= 15 is 0 Å². The van der Waals surface area contributed by atoms with Crippen LogP contribution < -0.4 is 5.32 Å². The van der Waals surface area contributed by atoms with Crippen molar-refractivity contribution in [1.82, 2.24) is 10.2 Å². The molecule has 1 heterocycles. The summed E-state index contributed by atoms with van der Waals surface area (Å²) in [6, 6.07) is 9.97. The van der Waals surface area contributed by atoms with Gasteiger partial charge in [-0.2, -0.15) is 0 Å². The third-order valence-electron chi connectivity index (χ3n) is 4.43. The Morgan fingerprint density at radius 1 is 1.38 bits per heavy atom. The van der Waals surface area contributed by atoms with Crippen LogP contribution in [0.2, 0.25) is 0 Å². The first kappa shape index (κ1) is 17.0. The highest BCUT2D eigenvalue weighted by atomic mass is 79.9. The van der Waals surface area contributed by atoms with Gasteiger partial charge in [-0.15, -0.1) is 0 Å². The average molecular weight is 353 g/mol. The van der Waals surface area contributed by atoms with E-state index < -0.39 is 0 Å². The summed E-state index contributed by atoms with van der Waals surface area (Å²) in [6.45, 7) is 10.4. The van der Waals surface area contributed by atoms with Crippen molar-refractivity contribution < 1.29 is 0 Å². The van der Waals surface area contributed by atoms with Gasteiger partial charge < -0.3 is 5.32 Å². The molecule has 1 aromatic rings. The van der Waals surface area contributed by atoms with E-state index in [4.69, 9.17) is 0 Å². The van der Waals surface area contributed by atoms with Crippen LogP contribution in [-0.2, 0) is 0 Å². The molecule has 2 nitrogen and oxygen atoms in total. The van der Waals surface area contributed by atoms with Gasteiger partial charge >= 0.3 is 0 Å². The van der Waals surface area contributed by atoms with Crippen LogP contribution in [-0.4, -0.2) is 30.6 Å². The summed E-state index contributed by atoms with van der Waals surface area (Å²) >= 11 is 3.61. The third kappa shape index (κ3) is 5.08. The van der Waals surface area contributed by atoms with E-state index in [1.807, 2.05) is 0 Å². The Kier molecular flexibility index (Phi) is 6.72. The molecule has 118 valence electrons. The van der Waals surface area contributed by atoms with Gasteiger partial charge in [0.15, 0.2) is 0 Å². The Bertz CT molecular complexity index is 433. The number of piperidine rings is 1. The van der Waals surface area contributed by atoms with Crippen molar-refractivity contribution in [3.05, 3.63) is 34.3 Å². The van der Waals surface area contributed by atoms with Crippen LogP contribution in [0.5, 0.6) is 0 Å². The lowest BCUT2D eigenvalue weighted by Crippen LogP contribution is -2.42. The molecule has 1 saturated heterocycles. The number of hydrogen-bond acceptors (Lipinski definition) is 2. The van der Waals surface area contributed by atoms with Crippen molar-refractivity contribution in [3.63, 3.8) is 0 Å². The van der Waals surface area contributed by atoms with Gasteiger partial charge in [0.1, 0.15) is 0 Å². The van der Waals surface area contributed by atoms with E-state index in [2.05, 4.69) is 71.2 Å². The fraction of sp³-hybridized carbons (Fsp3) is 0.667. The lowest BCUT2D eigenvalue weighted by molar-refractivity contribution is 0.118. The van der Waals surface area contributed by atoms with Gasteiger partial charge in [-0.25, -0.2) is 0 Å². The molecule has 0 radical (unpaired) electrons. The van der Waals surface area contributed by atoms with Crippen LogP contribution in [0.15, 0.2) is 28.7 Å². The highest BCUT2D eigenvalue weighted by Crippen LogP contribution is 2.30. The Morgan fingerprint density at radius 3 is 2.86 bits per heavy atom. The molecule has 1 aliphatic rings. The maximum absolute atomic E-state index is 3.61. The fourth-order valence-electron chi connectivity index (χ4n) is 3.37. The molecular weight excluding hydrogens is 324 g/mol. The first-order valence-corrected chi connectivity index (χ1v) is 9.12. The van der Waals surface area contributed by atoms with E-state index in [1.54, 1.807) is 0 Å². The molecule has 2 atom stereocenters. The highest BCUT2D eigenvalue weighted by molar-refractivity contribution is 9.10. The Hall–Kier alpha value is -0.380. The summed E-state index contributed by atoms with van der Waals surface area (Å²) in [7, 11) is 0. The molecule has 0 aliphatic carbocycles. The molecular formula is C18H29BrN2. The van der Waals surface area contributed by atoms with Gasteiger partial charge in [0.05, 0.1) is 0 Å². The zero-order valence-electron chi connectivity index (χ0n) is 13.6. The first-order chi connectivity index (χ1) is 10.1. The number of benzene rings is 1. The van der Waals surface area contributed by atoms with Crippen LogP contribution in [0.3, 0.4) is 0 Å². The average Bonchev–Trinajstić information content (AvgIpc) is 2.46. The monoisotopic (exact) mass is 352 g/mol. The number of hydrogen-bond donors (Lipinski definition) is 1. The number of nitrogens with one attached hydrogen (secondary N) is 1. The van der Waals surface area contributed by atoms with Crippen LogP contribution >= 0.6 is 15.9 Å². The van der Waals surface area contributed by atoms with Gasteiger partial charge in [-0.1, -0.05) is 48.8 Å². The summed E-state index contributed by atoms with van der Waals surface area (Å²) in [5.41, 5.74) is 1.45. The van der Waals surface area contributed by atoms with Crippen LogP contribution in [0.4, 0.5) is 0 Å². The number of likely N-dealkylation sites (tertiary alicyclic amines) is 1. The first-order valence-electron chi connectivity index (χ1n) is 8.33. The topological polar surface area (TPSA) is 15.3 Å². The quantitative estimate of drug-likeness (QED) is 0.803. The third-order valence-corrected chi connectivity index (χ3v) is 4.92. The van der Waals surface area contributed by atoms with E-state index in [1.165, 1.54) is 42.4 Å². The largest absolute Gasteiger partial charge is 0.314 e. The molecule has 0 amide bonds. The smallest absolute Gasteiger partial charge is 0.0346 e. The molecule has 21 heavy (non-hydrogen) atoms. The molecule has 1 fully saturated rings. The van der Waals surface area contributed by atoms with Crippen LogP contribution in [0.1, 0.15) is 51.6 Å². The van der Waals surface area contributed by atoms with E-state index in [0.717, 1.165) is 12.5 Å². The van der Waals surface area contributed by atoms with Gasteiger partial charge in [0.25, 0.3) is 0 Å². The molecule has 0 saturated carbocycles. The van der Waals surface area contributed by atoms with Gasteiger partial charge in [-0.3, -0.25) is 4.90 Å². The van der Waals surface area contributed by atoms with Crippen LogP contribution in [0.25, 0.3) is 0 Å². The Labute approximate surface area is 138 Å². The van der Waals surface area contributed by atoms with Gasteiger partial charge in [0.2, 0.25) is 0 Å². The van der Waals surface area contributed by atoms with Crippen molar-refractivity contribution in [3.8, 4) is 0 Å². The lowest BCUT2D eigenvalue weighted by Gasteiger charge is -2.38. The van der Waals surface area contributed by atoms with E-state index in [9.17, 15) is 0 Å².